The van der Waals surface area contributed by atoms with Crippen LogP contribution in [-0.2, 0) is 9.59 Å². The van der Waals surface area contributed by atoms with Crippen LogP contribution in [0.1, 0.15) is 47.0 Å². The maximum atomic E-state index is 11.6. The van der Waals surface area contributed by atoms with Crippen LogP contribution in [0.25, 0.3) is 0 Å². The summed E-state index contributed by atoms with van der Waals surface area (Å²) in [5, 5.41) is 14.8. The molecule has 0 aliphatic heterocycles. The van der Waals surface area contributed by atoms with Crippen molar-refractivity contribution in [2.75, 3.05) is 6.54 Å². The number of carbonyl (C=O) groups is 2. The quantitative estimate of drug-likeness (QED) is 0.598. The highest BCUT2D eigenvalue weighted by Gasteiger charge is 2.34. The predicted molar refractivity (Wildman–Crippen MR) is 66.8 cm³/mol. The van der Waals surface area contributed by atoms with Crippen LogP contribution in [0.2, 0.25) is 0 Å². The molecule has 1 amide bonds. The topological polar surface area (TPSA) is 78.4 Å². The Morgan fingerprint density at radius 2 is 1.88 bits per heavy atom. The molecule has 3 N–H and O–H groups in total. The van der Waals surface area contributed by atoms with E-state index in [0.717, 1.165) is 12.8 Å². The van der Waals surface area contributed by atoms with E-state index >= 15 is 0 Å². The van der Waals surface area contributed by atoms with Gasteiger partial charge < -0.3 is 10.4 Å². The van der Waals surface area contributed by atoms with E-state index in [1.165, 1.54) is 0 Å². The fraction of sp³-hybridized carbons (Fsp3) is 0.833. The molecular formula is C12H24N2O3. The number of nitrogens with one attached hydrogen (secondary N) is 2. The number of aliphatic carboxylic acids is 1. The minimum Gasteiger partial charge on any atom is -0.480 e. The molecule has 0 heterocycles. The van der Waals surface area contributed by atoms with Crippen molar-refractivity contribution < 1.29 is 14.7 Å². The Hall–Kier alpha value is -1.10. The fourth-order valence-corrected chi connectivity index (χ4v) is 1.69. The van der Waals surface area contributed by atoms with Crippen molar-refractivity contribution in [2.24, 2.45) is 0 Å². The van der Waals surface area contributed by atoms with Crippen LogP contribution >= 0.6 is 0 Å². The standard InChI is InChI=1S/C12H24N2O3/c1-5-7-12(4,11(16)17)14-9(3)10(15)13-8-6-2/h9,14H,5-8H2,1-4H3,(H,13,15)(H,16,17). The largest absolute Gasteiger partial charge is 0.480 e. The lowest BCUT2D eigenvalue weighted by Crippen LogP contribution is -2.57. The van der Waals surface area contributed by atoms with Gasteiger partial charge in [-0.05, 0) is 26.7 Å². The smallest absolute Gasteiger partial charge is 0.323 e. The summed E-state index contributed by atoms with van der Waals surface area (Å²) in [6.45, 7) is 7.80. The number of amides is 1. The van der Waals surface area contributed by atoms with E-state index in [9.17, 15) is 14.7 Å². The second-order valence-corrected chi connectivity index (χ2v) is 4.54. The SMILES string of the molecule is CCCNC(=O)C(C)NC(C)(CCC)C(=O)O. The summed E-state index contributed by atoms with van der Waals surface area (Å²) in [6, 6.07) is -0.505. The van der Waals surface area contributed by atoms with Gasteiger partial charge in [-0.3, -0.25) is 14.9 Å². The minimum atomic E-state index is -1.04. The summed E-state index contributed by atoms with van der Waals surface area (Å²) >= 11 is 0. The Labute approximate surface area is 103 Å². The van der Waals surface area contributed by atoms with Crippen molar-refractivity contribution in [1.82, 2.24) is 10.6 Å². The van der Waals surface area contributed by atoms with Gasteiger partial charge in [0, 0.05) is 6.54 Å². The summed E-state index contributed by atoms with van der Waals surface area (Å²) in [5.74, 6) is -1.08. The molecule has 100 valence electrons. The average molecular weight is 244 g/mol. The molecule has 0 bridgehead atoms. The number of rotatable bonds is 8. The molecular weight excluding hydrogens is 220 g/mol. The van der Waals surface area contributed by atoms with Gasteiger partial charge in [-0.15, -0.1) is 0 Å². The van der Waals surface area contributed by atoms with Crippen molar-refractivity contribution in [3.8, 4) is 0 Å². The van der Waals surface area contributed by atoms with Gasteiger partial charge in [0.2, 0.25) is 5.91 Å². The fourth-order valence-electron chi connectivity index (χ4n) is 1.69. The molecule has 0 aliphatic carbocycles. The van der Waals surface area contributed by atoms with E-state index in [4.69, 9.17) is 0 Å². The average Bonchev–Trinajstić information content (AvgIpc) is 2.25. The van der Waals surface area contributed by atoms with E-state index in [2.05, 4.69) is 10.6 Å². The maximum Gasteiger partial charge on any atom is 0.323 e. The molecule has 2 unspecified atom stereocenters. The number of carboxylic acids is 1. The van der Waals surface area contributed by atoms with Crippen LogP contribution in [0.15, 0.2) is 0 Å². The molecule has 0 aromatic rings. The highest BCUT2D eigenvalue weighted by Crippen LogP contribution is 2.13. The van der Waals surface area contributed by atoms with E-state index in [-0.39, 0.29) is 5.91 Å². The van der Waals surface area contributed by atoms with Crippen molar-refractivity contribution >= 4 is 11.9 Å². The van der Waals surface area contributed by atoms with Gasteiger partial charge in [0.15, 0.2) is 0 Å². The van der Waals surface area contributed by atoms with Crippen LogP contribution in [0.3, 0.4) is 0 Å². The van der Waals surface area contributed by atoms with E-state index in [1.807, 2.05) is 13.8 Å². The van der Waals surface area contributed by atoms with Gasteiger partial charge >= 0.3 is 5.97 Å². The highest BCUT2D eigenvalue weighted by atomic mass is 16.4. The first-order valence-electron chi connectivity index (χ1n) is 6.16. The Balaban J connectivity index is 4.45. The van der Waals surface area contributed by atoms with E-state index < -0.39 is 17.6 Å². The molecule has 17 heavy (non-hydrogen) atoms. The van der Waals surface area contributed by atoms with Gasteiger partial charge in [0.1, 0.15) is 5.54 Å². The normalized spacial score (nSPS) is 16.0. The van der Waals surface area contributed by atoms with Crippen LogP contribution in [0.5, 0.6) is 0 Å². The van der Waals surface area contributed by atoms with Crippen molar-refractivity contribution in [2.45, 2.75) is 58.5 Å². The Kier molecular flexibility index (Phi) is 6.80. The second-order valence-electron chi connectivity index (χ2n) is 4.54. The van der Waals surface area contributed by atoms with Crippen LogP contribution in [-0.4, -0.2) is 35.1 Å². The maximum absolute atomic E-state index is 11.6. The first-order chi connectivity index (χ1) is 7.87. The highest BCUT2D eigenvalue weighted by molar-refractivity contribution is 5.84. The first kappa shape index (κ1) is 15.9. The van der Waals surface area contributed by atoms with Gasteiger partial charge in [0.25, 0.3) is 0 Å². The third-order valence-electron chi connectivity index (χ3n) is 2.70. The molecule has 5 nitrogen and oxygen atoms in total. The number of hydrogen-bond acceptors (Lipinski definition) is 3. The van der Waals surface area contributed by atoms with E-state index in [0.29, 0.717) is 13.0 Å². The molecule has 0 saturated carbocycles. The molecule has 0 aromatic heterocycles. The summed E-state index contributed by atoms with van der Waals surface area (Å²) in [5.41, 5.74) is -1.04. The zero-order chi connectivity index (χ0) is 13.5. The summed E-state index contributed by atoms with van der Waals surface area (Å²) in [4.78, 5) is 22.8. The Morgan fingerprint density at radius 1 is 1.29 bits per heavy atom. The molecule has 0 spiro atoms. The molecule has 0 aromatic carbocycles. The summed E-state index contributed by atoms with van der Waals surface area (Å²) in [7, 11) is 0. The zero-order valence-electron chi connectivity index (χ0n) is 11.2. The van der Waals surface area contributed by atoms with E-state index in [1.54, 1.807) is 13.8 Å². The lowest BCUT2D eigenvalue weighted by atomic mass is 9.95. The molecule has 0 rings (SSSR count). The monoisotopic (exact) mass is 244 g/mol. The van der Waals surface area contributed by atoms with Crippen LogP contribution in [0.4, 0.5) is 0 Å². The van der Waals surface area contributed by atoms with Gasteiger partial charge in [0.05, 0.1) is 6.04 Å². The van der Waals surface area contributed by atoms with Crippen molar-refractivity contribution in [3.05, 3.63) is 0 Å². The molecule has 0 aliphatic rings. The molecule has 0 radical (unpaired) electrons. The van der Waals surface area contributed by atoms with Gasteiger partial charge in [-0.2, -0.15) is 0 Å². The lowest BCUT2D eigenvalue weighted by molar-refractivity contribution is -0.145. The lowest BCUT2D eigenvalue weighted by Gasteiger charge is -2.29. The summed E-state index contributed by atoms with van der Waals surface area (Å²) in [6.07, 6.45) is 2.11. The molecule has 0 saturated heterocycles. The molecule has 2 atom stereocenters. The second kappa shape index (κ2) is 7.27. The Bertz CT molecular complexity index is 268. The number of hydrogen-bond donors (Lipinski definition) is 3. The number of carboxylic acid groups (broad SMARTS) is 1. The van der Waals surface area contributed by atoms with Gasteiger partial charge in [-0.1, -0.05) is 20.3 Å². The van der Waals surface area contributed by atoms with Gasteiger partial charge in [-0.25, -0.2) is 0 Å². The third kappa shape index (κ3) is 5.17. The van der Waals surface area contributed by atoms with Crippen molar-refractivity contribution in [3.63, 3.8) is 0 Å². The molecule has 0 fully saturated rings. The van der Waals surface area contributed by atoms with Crippen LogP contribution < -0.4 is 10.6 Å². The number of carbonyl (C=O) groups excluding carboxylic acids is 1. The Morgan fingerprint density at radius 3 is 2.29 bits per heavy atom. The summed E-state index contributed by atoms with van der Waals surface area (Å²) < 4.78 is 0. The van der Waals surface area contributed by atoms with Crippen LogP contribution in [0, 0.1) is 0 Å². The third-order valence-corrected chi connectivity index (χ3v) is 2.70. The predicted octanol–water partition coefficient (Wildman–Crippen LogP) is 1.13. The molecule has 5 heteroatoms. The first-order valence-corrected chi connectivity index (χ1v) is 6.16. The zero-order valence-corrected chi connectivity index (χ0v) is 11.2. The van der Waals surface area contributed by atoms with Crippen molar-refractivity contribution in [1.29, 1.82) is 0 Å². The minimum absolute atomic E-state index is 0.157.